The zero-order chi connectivity index (χ0) is 18.9. The van der Waals surface area contributed by atoms with E-state index in [2.05, 4.69) is 63.0 Å². The number of rotatable bonds is 7. The summed E-state index contributed by atoms with van der Waals surface area (Å²) in [7, 11) is 1.83. The monoisotopic (exact) mass is 494 g/mol. The number of benzene rings is 2. The minimum absolute atomic E-state index is 0. The van der Waals surface area contributed by atoms with Crippen LogP contribution < -0.4 is 20.3 Å². The van der Waals surface area contributed by atoms with Gasteiger partial charge in [-0.3, -0.25) is 4.99 Å². The van der Waals surface area contributed by atoms with E-state index in [0.717, 1.165) is 44.2 Å². The van der Waals surface area contributed by atoms with Gasteiger partial charge in [0.25, 0.3) is 0 Å². The van der Waals surface area contributed by atoms with Crippen LogP contribution in [0.25, 0.3) is 0 Å². The zero-order valence-electron chi connectivity index (χ0n) is 16.7. The molecular formula is C22H31IN4O. The van der Waals surface area contributed by atoms with Crippen molar-refractivity contribution in [2.75, 3.05) is 38.2 Å². The van der Waals surface area contributed by atoms with E-state index in [4.69, 9.17) is 4.74 Å². The Morgan fingerprint density at radius 3 is 2.64 bits per heavy atom. The Balaban J connectivity index is 0.00000280. The largest absolute Gasteiger partial charge is 0.494 e. The fraction of sp³-hybridized carbons (Fsp3) is 0.409. The van der Waals surface area contributed by atoms with Gasteiger partial charge in [0.2, 0.25) is 0 Å². The van der Waals surface area contributed by atoms with Crippen molar-refractivity contribution in [2.24, 2.45) is 4.99 Å². The van der Waals surface area contributed by atoms with Crippen molar-refractivity contribution in [2.45, 2.75) is 25.8 Å². The minimum Gasteiger partial charge on any atom is -0.494 e. The lowest BCUT2D eigenvalue weighted by atomic mass is 10.1. The van der Waals surface area contributed by atoms with Gasteiger partial charge in [0.1, 0.15) is 5.75 Å². The summed E-state index contributed by atoms with van der Waals surface area (Å²) in [6, 6.07) is 19.2. The van der Waals surface area contributed by atoms with Crippen molar-refractivity contribution in [1.82, 2.24) is 10.6 Å². The molecule has 0 aliphatic carbocycles. The summed E-state index contributed by atoms with van der Waals surface area (Å²) in [6.45, 7) is 5.59. The van der Waals surface area contributed by atoms with Gasteiger partial charge in [-0.2, -0.15) is 0 Å². The number of nitrogens with zero attached hydrogens (tertiary/aromatic N) is 2. The smallest absolute Gasteiger partial charge is 0.191 e. The molecule has 1 atom stereocenters. The predicted octanol–water partition coefficient (Wildman–Crippen LogP) is 3.69. The van der Waals surface area contributed by atoms with Gasteiger partial charge in [-0.05, 0) is 43.5 Å². The fourth-order valence-corrected chi connectivity index (χ4v) is 3.46. The molecule has 2 aromatic rings. The van der Waals surface area contributed by atoms with Crippen LogP contribution in [0, 0.1) is 0 Å². The highest BCUT2D eigenvalue weighted by atomic mass is 127. The second kappa shape index (κ2) is 11.8. The molecule has 5 nitrogen and oxygen atoms in total. The van der Waals surface area contributed by atoms with E-state index in [0.29, 0.717) is 12.6 Å². The number of para-hydroxylation sites is 2. The number of ether oxygens (including phenoxy) is 1. The maximum Gasteiger partial charge on any atom is 0.191 e. The molecule has 1 heterocycles. The molecule has 3 rings (SSSR count). The molecule has 1 unspecified atom stereocenters. The number of aliphatic imine (C=N–C) groups is 1. The van der Waals surface area contributed by atoms with E-state index in [-0.39, 0.29) is 24.0 Å². The third kappa shape index (κ3) is 6.29. The molecule has 0 aromatic heterocycles. The van der Waals surface area contributed by atoms with Crippen LogP contribution in [0.5, 0.6) is 5.75 Å². The van der Waals surface area contributed by atoms with Crippen LogP contribution in [-0.2, 0) is 6.42 Å². The van der Waals surface area contributed by atoms with Crippen LogP contribution in [0.1, 0.15) is 18.9 Å². The van der Waals surface area contributed by atoms with E-state index in [9.17, 15) is 0 Å². The fourth-order valence-electron chi connectivity index (χ4n) is 3.46. The molecule has 28 heavy (non-hydrogen) atoms. The molecule has 1 saturated heterocycles. The van der Waals surface area contributed by atoms with Crippen molar-refractivity contribution < 1.29 is 4.74 Å². The highest BCUT2D eigenvalue weighted by Crippen LogP contribution is 2.20. The number of hydrogen-bond acceptors (Lipinski definition) is 3. The maximum absolute atomic E-state index is 5.70. The molecule has 2 N–H and O–H groups in total. The molecule has 0 amide bonds. The first-order valence-corrected chi connectivity index (χ1v) is 9.78. The van der Waals surface area contributed by atoms with E-state index in [1.807, 2.05) is 26.1 Å². The Morgan fingerprint density at radius 2 is 1.89 bits per heavy atom. The Kier molecular flexibility index (Phi) is 9.40. The zero-order valence-corrected chi connectivity index (χ0v) is 19.1. The van der Waals surface area contributed by atoms with Gasteiger partial charge in [0, 0.05) is 38.4 Å². The van der Waals surface area contributed by atoms with Crippen LogP contribution in [0.15, 0.2) is 59.6 Å². The highest BCUT2D eigenvalue weighted by Gasteiger charge is 2.23. The average molecular weight is 494 g/mol. The number of halogens is 1. The Bertz CT molecular complexity index is 738. The topological polar surface area (TPSA) is 48.9 Å². The predicted molar refractivity (Wildman–Crippen MR) is 128 cm³/mol. The van der Waals surface area contributed by atoms with Crippen LogP contribution in [0.4, 0.5) is 5.69 Å². The number of hydrogen-bond donors (Lipinski definition) is 2. The van der Waals surface area contributed by atoms with Gasteiger partial charge in [0.15, 0.2) is 5.96 Å². The van der Waals surface area contributed by atoms with Crippen molar-refractivity contribution in [3.05, 3.63) is 60.2 Å². The maximum atomic E-state index is 5.70. The molecule has 152 valence electrons. The normalized spacial score (nSPS) is 16.4. The van der Waals surface area contributed by atoms with E-state index < -0.39 is 0 Å². The standard InChI is InChI=1S/C22H30N4O.HI/c1-3-27-21-12-8-7-9-18(21)13-15-24-22(23-2)25-19-14-16-26(17-19)20-10-5-4-6-11-20;/h4-12,19H,3,13-17H2,1-2H3,(H2,23,24,25);1H. The quantitative estimate of drug-likeness (QED) is 0.350. The second-order valence-electron chi connectivity index (χ2n) is 6.70. The molecule has 0 bridgehead atoms. The molecule has 6 heteroatoms. The summed E-state index contributed by atoms with van der Waals surface area (Å²) in [5, 5.41) is 6.99. The van der Waals surface area contributed by atoms with Crippen LogP contribution in [-0.4, -0.2) is 45.3 Å². The molecule has 2 aromatic carbocycles. The molecule has 1 aliphatic rings. The van der Waals surface area contributed by atoms with Gasteiger partial charge in [0.05, 0.1) is 6.61 Å². The second-order valence-corrected chi connectivity index (χ2v) is 6.70. The van der Waals surface area contributed by atoms with Gasteiger partial charge in [-0.15, -0.1) is 24.0 Å². The van der Waals surface area contributed by atoms with Gasteiger partial charge in [-0.25, -0.2) is 0 Å². The lowest BCUT2D eigenvalue weighted by Crippen LogP contribution is -2.45. The van der Waals surface area contributed by atoms with E-state index >= 15 is 0 Å². The lowest BCUT2D eigenvalue weighted by molar-refractivity contribution is 0.336. The Morgan fingerprint density at radius 1 is 1.14 bits per heavy atom. The molecule has 0 saturated carbocycles. The summed E-state index contributed by atoms with van der Waals surface area (Å²) in [4.78, 5) is 6.80. The van der Waals surface area contributed by atoms with Crippen molar-refractivity contribution in [3.63, 3.8) is 0 Å². The summed E-state index contributed by atoms with van der Waals surface area (Å²) in [5.41, 5.74) is 2.51. The van der Waals surface area contributed by atoms with Crippen LogP contribution in [0.3, 0.4) is 0 Å². The highest BCUT2D eigenvalue weighted by molar-refractivity contribution is 14.0. The Labute approximate surface area is 185 Å². The van der Waals surface area contributed by atoms with Crippen molar-refractivity contribution in [1.29, 1.82) is 0 Å². The molecule has 1 aliphatic heterocycles. The molecule has 1 fully saturated rings. The third-order valence-electron chi connectivity index (χ3n) is 4.83. The van der Waals surface area contributed by atoms with Crippen molar-refractivity contribution in [3.8, 4) is 5.75 Å². The van der Waals surface area contributed by atoms with Gasteiger partial charge < -0.3 is 20.3 Å². The first-order valence-electron chi connectivity index (χ1n) is 9.78. The summed E-state index contributed by atoms with van der Waals surface area (Å²) >= 11 is 0. The first-order chi connectivity index (χ1) is 13.3. The minimum atomic E-state index is 0. The van der Waals surface area contributed by atoms with E-state index in [1.165, 1.54) is 11.3 Å². The molecule has 0 spiro atoms. The summed E-state index contributed by atoms with van der Waals surface area (Å²) in [5.74, 6) is 1.84. The summed E-state index contributed by atoms with van der Waals surface area (Å²) in [6.07, 6.45) is 2.01. The number of nitrogens with one attached hydrogen (secondary N) is 2. The SMILES string of the molecule is CCOc1ccccc1CCNC(=NC)NC1CCN(c2ccccc2)C1.I. The van der Waals surface area contributed by atoms with Crippen LogP contribution in [0.2, 0.25) is 0 Å². The van der Waals surface area contributed by atoms with Crippen LogP contribution >= 0.6 is 24.0 Å². The Hall–Kier alpha value is -1.96. The van der Waals surface area contributed by atoms with Gasteiger partial charge >= 0.3 is 0 Å². The first kappa shape index (κ1) is 22.3. The third-order valence-corrected chi connectivity index (χ3v) is 4.83. The lowest BCUT2D eigenvalue weighted by Gasteiger charge is -2.20. The summed E-state index contributed by atoms with van der Waals surface area (Å²) < 4.78 is 5.70. The number of anilines is 1. The van der Waals surface area contributed by atoms with E-state index in [1.54, 1.807) is 0 Å². The average Bonchev–Trinajstić information content (AvgIpc) is 3.18. The molecule has 0 radical (unpaired) electrons. The van der Waals surface area contributed by atoms with Gasteiger partial charge in [-0.1, -0.05) is 36.4 Å². The van der Waals surface area contributed by atoms with Crippen molar-refractivity contribution >= 4 is 35.6 Å². The molecular weight excluding hydrogens is 463 g/mol. The number of guanidine groups is 1.